The average Bonchev–Trinajstić information content (AvgIpc) is 2.82. The number of hydrogen-bond donors (Lipinski definition) is 2. The van der Waals surface area contributed by atoms with Crippen LogP contribution in [0.15, 0.2) is 75.9 Å². The summed E-state index contributed by atoms with van der Waals surface area (Å²) in [6.07, 6.45) is 10.1. The molecule has 1 unspecified atom stereocenters. The number of hydrogen-bond acceptors (Lipinski definition) is 3. The van der Waals surface area contributed by atoms with Crippen molar-refractivity contribution in [1.29, 1.82) is 0 Å². The molecular weight excluding hydrogens is 474 g/mol. The largest absolute Gasteiger partial charge is 0.356 e. The highest BCUT2D eigenvalue weighted by Crippen LogP contribution is 2.21. The molecule has 6 heteroatoms. The third kappa shape index (κ3) is 8.78. The first-order chi connectivity index (χ1) is 15.8. The maximum atomic E-state index is 4.84. The van der Waals surface area contributed by atoms with Crippen molar-refractivity contribution >= 4 is 33.4 Å². The van der Waals surface area contributed by atoms with Crippen molar-refractivity contribution in [3.8, 4) is 0 Å². The van der Waals surface area contributed by atoms with Gasteiger partial charge in [0.15, 0.2) is 5.84 Å². The van der Waals surface area contributed by atoms with Crippen LogP contribution in [0.1, 0.15) is 64.5 Å². The Morgan fingerprint density at radius 1 is 1.15 bits per heavy atom. The van der Waals surface area contributed by atoms with Crippen LogP contribution in [0.4, 0.5) is 0 Å². The molecule has 0 radical (unpaired) electrons. The van der Waals surface area contributed by atoms with Crippen molar-refractivity contribution < 1.29 is 0 Å². The zero-order chi connectivity index (χ0) is 24.8. The van der Waals surface area contributed by atoms with Crippen LogP contribution >= 0.6 is 16.1 Å². The fourth-order valence-electron chi connectivity index (χ4n) is 3.48. The van der Waals surface area contributed by atoms with E-state index in [4.69, 9.17) is 4.99 Å². The van der Waals surface area contributed by atoms with E-state index in [1.807, 2.05) is 31.3 Å². The van der Waals surface area contributed by atoms with Crippen LogP contribution in [0.2, 0.25) is 0 Å². The molecule has 0 aliphatic carbocycles. The van der Waals surface area contributed by atoms with E-state index in [-0.39, 0.29) is 6.04 Å². The Labute approximate surface area is 209 Å². The van der Waals surface area contributed by atoms with Crippen molar-refractivity contribution in [2.45, 2.75) is 59.4 Å². The lowest BCUT2D eigenvalue weighted by Crippen LogP contribution is -2.36. The van der Waals surface area contributed by atoms with E-state index in [1.165, 1.54) is 0 Å². The van der Waals surface area contributed by atoms with E-state index >= 15 is 0 Å². The van der Waals surface area contributed by atoms with Crippen molar-refractivity contribution in [3.63, 3.8) is 0 Å². The van der Waals surface area contributed by atoms with E-state index in [2.05, 4.69) is 102 Å². The van der Waals surface area contributed by atoms with E-state index in [9.17, 15) is 0 Å². The molecule has 0 aromatic heterocycles. The lowest BCUT2D eigenvalue weighted by molar-refractivity contribution is 0.430. The molecule has 1 atom stereocenters. The van der Waals surface area contributed by atoms with Gasteiger partial charge in [-0.05, 0) is 43.4 Å². The highest BCUT2D eigenvalue weighted by molar-refractivity contribution is 9.08. The van der Waals surface area contributed by atoms with Gasteiger partial charge in [0.05, 0.1) is 22.2 Å². The van der Waals surface area contributed by atoms with Crippen LogP contribution in [0.5, 0.6) is 0 Å². The quantitative estimate of drug-likeness (QED) is 0.139. The molecule has 0 spiro atoms. The van der Waals surface area contributed by atoms with E-state index in [0.717, 1.165) is 65.3 Å². The smallest absolute Gasteiger partial charge is 0.156 e. The Morgan fingerprint density at radius 3 is 2.33 bits per heavy atom. The Morgan fingerprint density at radius 2 is 1.79 bits per heavy atom. The van der Waals surface area contributed by atoms with Gasteiger partial charge >= 0.3 is 0 Å². The Hall–Kier alpha value is -2.44. The summed E-state index contributed by atoms with van der Waals surface area (Å²) in [6, 6.07) is 8.31. The SMILES string of the molecule is C=C/C(=C\C=C(/C)c1ccccc1/C(=N/Br)NNC)C(C)N(C)C(CCC)=NC(=C)CCC. The Bertz CT molecular complexity index is 911. The van der Waals surface area contributed by atoms with Crippen LogP contribution in [-0.4, -0.2) is 36.7 Å². The first-order valence-corrected chi connectivity index (χ1v) is 12.3. The molecule has 1 rings (SSSR count). The summed E-state index contributed by atoms with van der Waals surface area (Å²) in [7, 11) is 3.91. The molecule has 1 aromatic rings. The second kappa shape index (κ2) is 15.4. The monoisotopic (exact) mass is 513 g/mol. The highest BCUT2D eigenvalue weighted by Gasteiger charge is 2.16. The Balaban J connectivity index is 3.26. The zero-order valence-corrected chi connectivity index (χ0v) is 22.7. The second-order valence-corrected chi connectivity index (χ2v) is 8.31. The van der Waals surface area contributed by atoms with Gasteiger partial charge in [-0.25, -0.2) is 10.4 Å². The number of nitrogens with zero attached hydrogens (tertiary/aromatic N) is 3. The van der Waals surface area contributed by atoms with Crippen LogP contribution in [0.25, 0.3) is 5.57 Å². The maximum Gasteiger partial charge on any atom is 0.156 e. The molecule has 0 aliphatic heterocycles. The number of allylic oxidation sites excluding steroid dienone is 4. The van der Waals surface area contributed by atoms with E-state index < -0.39 is 0 Å². The minimum absolute atomic E-state index is 0.132. The predicted molar refractivity (Wildman–Crippen MR) is 150 cm³/mol. The first kappa shape index (κ1) is 28.6. The number of amidine groups is 2. The molecule has 180 valence electrons. The standard InChI is InChI=1S/C27H40BrN5/c1-9-14-21(5)30-26(15-10-2)33(8)22(6)23(11-3)19-18-20(4)24-16-12-13-17-25(24)27(31-28)32-29-7/h11-13,16-19,22,29H,3,5,9-10,14-15H2,1-2,4,6-8H3,(H,31,32)/b20-18+,23-19+,30-26?. The van der Waals surface area contributed by atoms with Crippen LogP contribution in [-0.2, 0) is 0 Å². The van der Waals surface area contributed by atoms with Crippen LogP contribution < -0.4 is 10.9 Å². The minimum Gasteiger partial charge on any atom is -0.356 e. The minimum atomic E-state index is 0.132. The van der Waals surface area contributed by atoms with Gasteiger partial charge in [-0.15, -0.1) is 0 Å². The van der Waals surface area contributed by atoms with E-state index in [1.54, 1.807) is 0 Å². The predicted octanol–water partition coefficient (Wildman–Crippen LogP) is 6.82. The molecular formula is C27H40BrN5. The first-order valence-electron chi connectivity index (χ1n) is 11.5. The topological polar surface area (TPSA) is 52.0 Å². The molecule has 0 fully saturated rings. The fourth-order valence-corrected chi connectivity index (χ4v) is 3.76. The molecule has 0 heterocycles. The molecule has 1 aromatic carbocycles. The molecule has 0 amide bonds. The summed E-state index contributed by atoms with van der Waals surface area (Å²) in [5.74, 6) is 1.79. The van der Waals surface area contributed by atoms with E-state index in [0.29, 0.717) is 0 Å². The van der Waals surface area contributed by atoms with Crippen molar-refractivity contribution in [3.05, 3.63) is 78.0 Å². The van der Waals surface area contributed by atoms with Gasteiger partial charge in [-0.3, -0.25) is 0 Å². The number of benzene rings is 1. The summed E-state index contributed by atoms with van der Waals surface area (Å²) < 4.78 is 4.20. The summed E-state index contributed by atoms with van der Waals surface area (Å²) in [5, 5.41) is 0. The lowest BCUT2D eigenvalue weighted by atomic mass is 9.98. The molecule has 0 bridgehead atoms. The number of likely N-dealkylation sites (N-methyl/N-ethyl adjacent to an activating group) is 1. The molecule has 0 saturated heterocycles. The van der Waals surface area contributed by atoms with Gasteiger partial charge in [0.1, 0.15) is 5.84 Å². The summed E-state index contributed by atoms with van der Waals surface area (Å²) in [5.41, 5.74) is 11.3. The molecule has 0 aliphatic rings. The van der Waals surface area contributed by atoms with Crippen molar-refractivity contribution in [2.24, 2.45) is 9.01 Å². The number of halogens is 1. The number of aliphatic imine (C=N–C) groups is 1. The van der Waals surface area contributed by atoms with Crippen molar-refractivity contribution in [2.75, 3.05) is 14.1 Å². The highest BCUT2D eigenvalue weighted by atomic mass is 79.9. The molecule has 33 heavy (non-hydrogen) atoms. The van der Waals surface area contributed by atoms with Gasteiger partial charge in [-0.2, -0.15) is 4.02 Å². The summed E-state index contributed by atoms with van der Waals surface area (Å²) in [4.78, 5) is 7.07. The maximum absolute atomic E-state index is 4.84. The number of rotatable bonds is 12. The van der Waals surface area contributed by atoms with Gasteiger partial charge in [0.2, 0.25) is 0 Å². The number of nitrogens with one attached hydrogen (secondary N) is 2. The average molecular weight is 515 g/mol. The van der Waals surface area contributed by atoms with Gasteiger partial charge in [0, 0.05) is 31.8 Å². The van der Waals surface area contributed by atoms with Crippen molar-refractivity contribution in [1.82, 2.24) is 15.8 Å². The van der Waals surface area contributed by atoms with Gasteiger partial charge < -0.3 is 10.3 Å². The molecule has 0 saturated carbocycles. The third-order valence-corrected chi connectivity index (χ3v) is 5.82. The lowest BCUT2D eigenvalue weighted by Gasteiger charge is -2.29. The van der Waals surface area contributed by atoms with Gasteiger partial charge in [-0.1, -0.05) is 75.9 Å². The summed E-state index contributed by atoms with van der Waals surface area (Å²) >= 11 is 3.22. The Kier molecular flexibility index (Phi) is 13.3. The molecule has 5 nitrogen and oxygen atoms in total. The fraction of sp³-hybridized carbons (Fsp3) is 0.407. The third-order valence-electron chi connectivity index (χ3n) is 5.47. The normalized spacial score (nSPS) is 14.2. The van der Waals surface area contributed by atoms with Gasteiger partial charge in [0.25, 0.3) is 0 Å². The second-order valence-electron chi connectivity index (χ2n) is 7.96. The molecule has 2 N–H and O–H groups in total. The number of hydrazine groups is 1. The van der Waals surface area contributed by atoms with Crippen LogP contribution in [0.3, 0.4) is 0 Å². The van der Waals surface area contributed by atoms with Crippen LogP contribution in [0, 0.1) is 0 Å². The zero-order valence-electron chi connectivity index (χ0n) is 21.1. The summed E-state index contributed by atoms with van der Waals surface area (Å²) in [6.45, 7) is 16.8.